The minimum atomic E-state index is 0.868. The van der Waals surface area contributed by atoms with Crippen molar-refractivity contribution < 1.29 is 0 Å². The Kier molecular flexibility index (Phi) is 10.4. The summed E-state index contributed by atoms with van der Waals surface area (Å²) in [5.41, 5.74) is 0. The van der Waals surface area contributed by atoms with Crippen LogP contribution in [0, 0.1) is 0 Å². The summed E-state index contributed by atoms with van der Waals surface area (Å²) in [6.45, 7) is 13.5. The van der Waals surface area contributed by atoms with E-state index in [2.05, 4.69) is 34.2 Å². The molecule has 0 amide bonds. The average molecular weight is 222 g/mol. The van der Waals surface area contributed by atoms with Gasteiger partial charge in [-0.05, 0) is 0 Å². The van der Waals surface area contributed by atoms with Gasteiger partial charge in [-0.3, -0.25) is 0 Å². The molecule has 0 N–H and O–H groups in total. The fraction of sp³-hybridized carbons (Fsp3) is 1.00. The van der Waals surface area contributed by atoms with Crippen LogP contribution in [0.3, 0.4) is 0 Å². The van der Waals surface area contributed by atoms with Crippen molar-refractivity contribution in [3.05, 3.63) is 0 Å². The van der Waals surface area contributed by atoms with E-state index in [9.17, 15) is 0 Å². The van der Waals surface area contributed by atoms with Crippen molar-refractivity contribution >= 4 is 13.4 Å². The van der Waals surface area contributed by atoms with Crippen LogP contribution in [0.1, 0.15) is 51.9 Å². The first-order chi connectivity index (χ1) is 7.57. The van der Waals surface area contributed by atoms with Crippen LogP contribution in [-0.2, 0) is 0 Å². The molecule has 1 atom stereocenters. The molecular formula is C14H32B2. The Morgan fingerprint density at radius 2 is 1.38 bits per heavy atom. The predicted molar refractivity (Wildman–Crippen MR) is 81.5 cm³/mol. The van der Waals surface area contributed by atoms with E-state index in [-0.39, 0.29) is 0 Å². The molecule has 0 aromatic rings. The van der Waals surface area contributed by atoms with Crippen molar-refractivity contribution in [2.75, 3.05) is 0 Å². The zero-order valence-electron chi connectivity index (χ0n) is 12.4. The Bertz CT molecular complexity index is 144. The molecule has 0 heterocycles. The van der Waals surface area contributed by atoms with Crippen molar-refractivity contribution in [1.29, 1.82) is 0 Å². The summed E-state index contributed by atoms with van der Waals surface area (Å²) in [7, 11) is 0. The second-order valence-electron chi connectivity index (χ2n) is 6.19. The number of rotatable bonds is 10. The fourth-order valence-electron chi connectivity index (χ4n) is 2.52. The summed E-state index contributed by atoms with van der Waals surface area (Å²) < 4.78 is 0. The van der Waals surface area contributed by atoms with Crippen LogP contribution >= 0.6 is 0 Å². The first-order valence-corrected chi connectivity index (χ1v) is 7.57. The Balaban J connectivity index is 3.52. The quantitative estimate of drug-likeness (QED) is 0.332. The van der Waals surface area contributed by atoms with Crippen LogP contribution < -0.4 is 0 Å². The average Bonchev–Trinajstić information content (AvgIpc) is 2.20. The molecule has 0 aromatic heterocycles. The van der Waals surface area contributed by atoms with Crippen LogP contribution in [0.25, 0.3) is 0 Å². The molecule has 0 fully saturated rings. The molecule has 16 heavy (non-hydrogen) atoms. The van der Waals surface area contributed by atoms with E-state index in [1.165, 1.54) is 51.3 Å². The van der Waals surface area contributed by atoms with Crippen LogP contribution in [0.5, 0.6) is 0 Å². The minimum Gasteiger partial charge on any atom is -0.0863 e. The van der Waals surface area contributed by atoms with Gasteiger partial charge in [0.1, 0.15) is 13.4 Å². The summed E-state index contributed by atoms with van der Waals surface area (Å²) in [4.78, 5) is 0. The second kappa shape index (κ2) is 10.3. The van der Waals surface area contributed by atoms with Gasteiger partial charge >= 0.3 is 0 Å². The summed E-state index contributed by atoms with van der Waals surface area (Å²) in [6.07, 6.45) is 11.5. The molecule has 1 unspecified atom stereocenters. The van der Waals surface area contributed by atoms with E-state index in [4.69, 9.17) is 0 Å². The fourth-order valence-corrected chi connectivity index (χ4v) is 2.52. The standard InChI is InChI=1S/C14H32B2/c1-6-7-8-9-10-11-12-14(16(4)5)13-15(2)3/h14H,6-13H2,1-5H3. The number of hydrogen-bond acceptors (Lipinski definition) is 0. The third-order valence-corrected chi connectivity index (χ3v) is 3.65. The summed E-state index contributed by atoms with van der Waals surface area (Å²) in [5, 5.41) is 0. The Hall–Kier alpha value is 0.130. The highest BCUT2D eigenvalue weighted by molar-refractivity contribution is 6.62. The van der Waals surface area contributed by atoms with E-state index in [1.807, 2.05) is 0 Å². The van der Waals surface area contributed by atoms with Crippen LogP contribution in [0.4, 0.5) is 0 Å². The van der Waals surface area contributed by atoms with E-state index in [0.29, 0.717) is 0 Å². The highest BCUT2D eigenvalue weighted by Gasteiger charge is 2.17. The van der Waals surface area contributed by atoms with Gasteiger partial charge in [0, 0.05) is 0 Å². The molecule has 0 bridgehead atoms. The van der Waals surface area contributed by atoms with Crippen LogP contribution in [0.2, 0.25) is 39.4 Å². The third kappa shape index (κ3) is 9.36. The van der Waals surface area contributed by atoms with Crippen molar-refractivity contribution in [2.45, 2.75) is 91.3 Å². The smallest absolute Gasteiger partial charge is 0.0863 e. The zero-order valence-corrected chi connectivity index (χ0v) is 12.4. The van der Waals surface area contributed by atoms with E-state index < -0.39 is 0 Å². The SMILES string of the molecule is CCCCCCCCC(CB(C)C)B(C)C. The minimum absolute atomic E-state index is 0.868. The lowest BCUT2D eigenvalue weighted by molar-refractivity contribution is 0.582. The van der Waals surface area contributed by atoms with E-state index >= 15 is 0 Å². The lowest BCUT2D eigenvalue weighted by Gasteiger charge is -2.20. The molecule has 0 aliphatic heterocycles. The lowest BCUT2D eigenvalue weighted by atomic mass is 9.35. The first kappa shape index (κ1) is 16.1. The number of unbranched alkanes of at least 4 members (excludes halogenated alkanes) is 5. The van der Waals surface area contributed by atoms with Crippen molar-refractivity contribution in [1.82, 2.24) is 0 Å². The number of hydrogen-bond donors (Lipinski definition) is 0. The molecule has 2 heteroatoms. The third-order valence-electron chi connectivity index (χ3n) is 3.65. The van der Waals surface area contributed by atoms with E-state index in [0.717, 1.165) is 19.2 Å². The van der Waals surface area contributed by atoms with Crippen molar-refractivity contribution in [3.63, 3.8) is 0 Å². The molecular weight excluding hydrogens is 190 g/mol. The van der Waals surface area contributed by atoms with Gasteiger partial charge in [-0.25, -0.2) is 0 Å². The van der Waals surface area contributed by atoms with Crippen molar-refractivity contribution in [2.24, 2.45) is 0 Å². The normalized spacial score (nSPS) is 12.6. The maximum Gasteiger partial charge on any atom is 0.135 e. The molecule has 0 aliphatic rings. The maximum atomic E-state index is 2.39. The Morgan fingerprint density at radius 3 is 1.88 bits per heavy atom. The second-order valence-corrected chi connectivity index (χ2v) is 6.19. The predicted octanol–water partition coefficient (Wildman–Crippen LogP) is 5.62. The van der Waals surface area contributed by atoms with Gasteiger partial charge in [0.15, 0.2) is 0 Å². The highest BCUT2D eigenvalue weighted by atomic mass is 14.0. The van der Waals surface area contributed by atoms with Gasteiger partial charge in [-0.1, -0.05) is 91.3 Å². The van der Waals surface area contributed by atoms with Gasteiger partial charge in [0.2, 0.25) is 0 Å². The molecule has 0 saturated heterocycles. The van der Waals surface area contributed by atoms with Crippen LogP contribution in [0.15, 0.2) is 0 Å². The maximum absolute atomic E-state index is 2.39. The van der Waals surface area contributed by atoms with Gasteiger partial charge in [-0.2, -0.15) is 0 Å². The molecule has 0 radical (unpaired) electrons. The molecule has 0 nitrogen and oxygen atoms in total. The topological polar surface area (TPSA) is 0 Å². The van der Waals surface area contributed by atoms with Crippen LogP contribution in [-0.4, -0.2) is 13.4 Å². The van der Waals surface area contributed by atoms with E-state index in [1.54, 1.807) is 0 Å². The molecule has 0 spiro atoms. The Morgan fingerprint density at radius 1 is 0.812 bits per heavy atom. The van der Waals surface area contributed by atoms with Gasteiger partial charge in [-0.15, -0.1) is 0 Å². The Labute approximate surface area is 105 Å². The monoisotopic (exact) mass is 222 g/mol. The lowest BCUT2D eigenvalue weighted by Crippen LogP contribution is -2.17. The molecule has 94 valence electrons. The van der Waals surface area contributed by atoms with Gasteiger partial charge in [0.25, 0.3) is 0 Å². The highest BCUT2D eigenvalue weighted by Crippen LogP contribution is 2.26. The molecule has 0 saturated carbocycles. The summed E-state index contributed by atoms with van der Waals surface area (Å²) in [6, 6.07) is 0. The zero-order chi connectivity index (χ0) is 12.4. The van der Waals surface area contributed by atoms with Gasteiger partial charge in [0.05, 0.1) is 0 Å². The van der Waals surface area contributed by atoms with Crippen molar-refractivity contribution in [3.8, 4) is 0 Å². The summed E-state index contributed by atoms with van der Waals surface area (Å²) >= 11 is 0. The summed E-state index contributed by atoms with van der Waals surface area (Å²) in [5.74, 6) is 0.964. The largest absolute Gasteiger partial charge is 0.135 e. The molecule has 0 aromatic carbocycles. The molecule has 0 aliphatic carbocycles. The molecule has 0 rings (SSSR count). The first-order valence-electron chi connectivity index (χ1n) is 7.57. The van der Waals surface area contributed by atoms with Gasteiger partial charge < -0.3 is 0 Å².